The first-order valence-electron chi connectivity index (χ1n) is 7.83. The predicted octanol–water partition coefficient (Wildman–Crippen LogP) is 0.631. The first-order chi connectivity index (χ1) is 11.2. The lowest BCUT2D eigenvalue weighted by Gasteiger charge is -2.45. The molecule has 1 N–H and O–H groups in total. The zero-order chi connectivity index (χ0) is 16.2. The summed E-state index contributed by atoms with van der Waals surface area (Å²) in [7, 11) is 0. The highest BCUT2D eigenvalue weighted by Crippen LogP contribution is 2.27. The number of hydrogen-bond acceptors (Lipinski definition) is 6. The van der Waals surface area contributed by atoms with E-state index < -0.39 is 11.9 Å². The molecule has 0 aliphatic carbocycles. The second kappa shape index (κ2) is 6.81. The molecule has 23 heavy (non-hydrogen) atoms. The van der Waals surface area contributed by atoms with Gasteiger partial charge in [-0.05, 0) is 18.6 Å². The fourth-order valence-corrected chi connectivity index (χ4v) is 3.22. The molecule has 2 aliphatic rings. The van der Waals surface area contributed by atoms with E-state index in [-0.39, 0.29) is 6.42 Å². The number of allylic oxidation sites excluding steroid dienone is 1. The largest absolute Gasteiger partial charge is 0.481 e. The number of aliphatic carboxylic acids is 1. The Hall–Kier alpha value is -2.37. The number of carbonyl (C=O) groups excluding carboxylic acids is 1. The third kappa shape index (κ3) is 3.36. The summed E-state index contributed by atoms with van der Waals surface area (Å²) < 4.78 is 0. The van der Waals surface area contributed by atoms with Gasteiger partial charge in [-0.25, -0.2) is 9.80 Å². The van der Waals surface area contributed by atoms with Crippen molar-refractivity contribution >= 4 is 17.6 Å². The van der Waals surface area contributed by atoms with Crippen molar-refractivity contribution in [3.8, 4) is 0 Å². The van der Waals surface area contributed by atoms with Gasteiger partial charge in [-0.1, -0.05) is 0 Å². The van der Waals surface area contributed by atoms with Crippen molar-refractivity contribution in [2.75, 3.05) is 37.6 Å². The first-order valence-corrected chi connectivity index (χ1v) is 7.83. The van der Waals surface area contributed by atoms with Crippen LogP contribution in [0.4, 0.5) is 5.69 Å². The van der Waals surface area contributed by atoms with Crippen LogP contribution in [-0.2, 0) is 9.59 Å². The molecular weight excluding hydrogens is 296 g/mol. The first kappa shape index (κ1) is 15.5. The second-order valence-corrected chi connectivity index (χ2v) is 5.85. The number of carboxylic acids is 1. The molecule has 0 spiro atoms. The minimum absolute atomic E-state index is 0.267. The van der Waals surface area contributed by atoms with Crippen LogP contribution in [-0.4, -0.2) is 64.7 Å². The molecule has 7 heteroatoms. The van der Waals surface area contributed by atoms with E-state index in [9.17, 15) is 9.59 Å². The molecule has 2 saturated heterocycles. The van der Waals surface area contributed by atoms with E-state index in [0.29, 0.717) is 18.7 Å². The summed E-state index contributed by atoms with van der Waals surface area (Å²) in [4.78, 5) is 28.7. The lowest BCUT2D eigenvalue weighted by atomic mass is 9.95. The Bertz CT molecular complexity index is 607. The van der Waals surface area contributed by atoms with Crippen LogP contribution in [0, 0.1) is 5.92 Å². The number of pyridine rings is 1. The van der Waals surface area contributed by atoms with Gasteiger partial charge in [0.15, 0.2) is 0 Å². The monoisotopic (exact) mass is 316 g/mol. The van der Waals surface area contributed by atoms with Crippen LogP contribution < -0.4 is 4.90 Å². The van der Waals surface area contributed by atoms with Gasteiger partial charge < -0.3 is 10.0 Å². The van der Waals surface area contributed by atoms with Crippen molar-refractivity contribution in [1.82, 2.24) is 15.0 Å². The molecule has 0 radical (unpaired) electrons. The summed E-state index contributed by atoms with van der Waals surface area (Å²) in [6.07, 6.45) is 4.39. The van der Waals surface area contributed by atoms with Gasteiger partial charge in [-0.2, -0.15) is 0 Å². The van der Waals surface area contributed by atoms with Gasteiger partial charge in [-0.15, -0.1) is 0 Å². The molecule has 1 unspecified atom stereocenters. The number of aromatic nitrogens is 1. The molecule has 1 aromatic rings. The standard InChI is InChI=1S/C16H20N4O3/c21-12-15-11-13(16(22)23)3-6-20(15)19-9-7-18(8-10-19)14-1-4-17-5-2-14/h1-2,4-5,13H,3,6-11H2,(H,22,23). The van der Waals surface area contributed by atoms with Crippen molar-refractivity contribution in [2.45, 2.75) is 12.8 Å². The average molecular weight is 316 g/mol. The van der Waals surface area contributed by atoms with Gasteiger partial charge in [0, 0.05) is 57.2 Å². The Morgan fingerprint density at radius 2 is 1.87 bits per heavy atom. The van der Waals surface area contributed by atoms with Crippen molar-refractivity contribution in [1.29, 1.82) is 0 Å². The summed E-state index contributed by atoms with van der Waals surface area (Å²) in [5.41, 5.74) is 1.61. The number of hydrazine groups is 1. The van der Waals surface area contributed by atoms with E-state index in [2.05, 4.69) is 14.9 Å². The van der Waals surface area contributed by atoms with Crippen molar-refractivity contribution in [2.24, 2.45) is 5.92 Å². The number of rotatable bonds is 3. The van der Waals surface area contributed by atoms with E-state index in [1.165, 1.54) is 0 Å². The smallest absolute Gasteiger partial charge is 0.306 e. The number of carboxylic acid groups (broad SMARTS) is 1. The summed E-state index contributed by atoms with van der Waals surface area (Å²) in [5, 5.41) is 13.2. The lowest BCUT2D eigenvalue weighted by molar-refractivity contribution is -0.144. The van der Waals surface area contributed by atoms with Gasteiger partial charge in [0.25, 0.3) is 0 Å². The maximum absolute atomic E-state index is 11.2. The lowest BCUT2D eigenvalue weighted by Crippen LogP contribution is -2.55. The van der Waals surface area contributed by atoms with E-state index in [1.807, 2.05) is 23.1 Å². The molecule has 2 aliphatic heterocycles. The maximum atomic E-state index is 11.2. The molecule has 0 amide bonds. The normalized spacial score (nSPS) is 22.8. The molecular formula is C16H20N4O3. The van der Waals surface area contributed by atoms with Crippen molar-refractivity contribution in [3.63, 3.8) is 0 Å². The van der Waals surface area contributed by atoms with Crippen LogP contribution >= 0.6 is 0 Å². The molecule has 1 aromatic heterocycles. The summed E-state index contributed by atoms with van der Waals surface area (Å²) in [5.74, 6) is 0.640. The third-order valence-electron chi connectivity index (χ3n) is 4.53. The Labute approximate surface area is 134 Å². The Morgan fingerprint density at radius 3 is 2.48 bits per heavy atom. The molecule has 0 aromatic carbocycles. The SMILES string of the molecule is O=C=C1CC(C(=O)O)CCN1N1CCN(c2ccncc2)CC1. The van der Waals surface area contributed by atoms with Crippen LogP contribution in [0.15, 0.2) is 30.2 Å². The number of nitrogens with zero attached hydrogens (tertiary/aromatic N) is 4. The molecule has 3 rings (SSSR count). The minimum Gasteiger partial charge on any atom is -0.481 e. The highest BCUT2D eigenvalue weighted by Gasteiger charge is 2.32. The maximum Gasteiger partial charge on any atom is 0.306 e. The Balaban J connectivity index is 1.61. The fraction of sp³-hybridized carbons (Fsp3) is 0.500. The number of piperazine rings is 1. The van der Waals surface area contributed by atoms with Crippen LogP contribution in [0.5, 0.6) is 0 Å². The molecule has 7 nitrogen and oxygen atoms in total. The third-order valence-corrected chi connectivity index (χ3v) is 4.53. The Kier molecular flexibility index (Phi) is 4.60. The van der Waals surface area contributed by atoms with Crippen LogP contribution in [0.25, 0.3) is 0 Å². The molecule has 3 heterocycles. The van der Waals surface area contributed by atoms with Crippen LogP contribution in [0.2, 0.25) is 0 Å². The molecule has 1 atom stereocenters. The van der Waals surface area contributed by atoms with Crippen molar-refractivity contribution in [3.05, 3.63) is 30.2 Å². The topological polar surface area (TPSA) is 77.0 Å². The van der Waals surface area contributed by atoms with Crippen LogP contribution in [0.1, 0.15) is 12.8 Å². The number of hydrogen-bond donors (Lipinski definition) is 1. The molecule has 0 bridgehead atoms. The van der Waals surface area contributed by atoms with E-state index in [1.54, 1.807) is 12.4 Å². The molecule has 0 saturated carbocycles. The summed E-state index contributed by atoms with van der Waals surface area (Å²) >= 11 is 0. The van der Waals surface area contributed by atoms with E-state index in [4.69, 9.17) is 5.11 Å². The predicted molar refractivity (Wildman–Crippen MR) is 84.3 cm³/mol. The fourth-order valence-electron chi connectivity index (χ4n) is 3.22. The average Bonchev–Trinajstić information content (AvgIpc) is 2.62. The van der Waals surface area contributed by atoms with Gasteiger partial charge in [-0.3, -0.25) is 14.8 Å². The molecule has 122 valence electrons. The van der Waals surface area contributed by atoms with Gasteiger partial charge in [0.05, 0.1) is 5.92 Å². The zero-order valence-corrected chi connectivity index (χ0v) is 12.9. The van der Waals surface area contributed by atoms with Gasteiger partial charge in [0.1, 0.15) is 11.6 Å². The zero-order valence-electron chi connectivity index (χ0n) is 12.9. The number of carbonyl (C=O) groups is 1. The molecule has 2 fully saturated rings. The second-order valence-electron chi connectivity index (χ2n) is 5.85. The number of anilines is 1. The number of piperidine rings is 1. The highest BCUT2D eigenvalue weighted by atomic mass is 16.4. The highest BCUT2D eigenvalue weighted by molar-refractivity contribution is 5.71. The van der Waals surface area contributed by atoms with Crippen LogP contribution in [0.3, 0.4) is 0 Å². The quantitative estimate of drug-likeness (QED) is 0.820. The van der Waals surface area contributed by atoms with Gasteiger partial charge in [0.2, 0.25) is 0 Å². The minimum atomic E-state index is -0.833. The van der Waals surface area contributed by atoms with Gasteiger partial charge >= 0.3 is 5.97 Å². The Morgan fingerprint density at radius 1 is 1.17 bits per heavy atom. The van der Waals surface area contributed by atoms with E-state index >= 15 is 0 Å². The van der Waals surface area contributed by atoms with E-state index in [0.717, 1.165) is 31.9 Å². The summed E-state index contributed by atoms with van der Waals surface area (Å²) in [6, 6.07) is 3.98. The van der Waals surface area contributed by atoms with Crippen molar-refractivity contribution < 1.29 is 14.7 Å². The summed E-state index contributed by atoms with van der Waals surface area (Å²) in [6.45, 7) is 3.87.